The number of carbonyl (C=O) groups is 1. The summed E-state index contributed by atoms with van der Waals surface area (Å²) in [5.74, 6) is -0.183. The predicted octanol–water partition coefficient (Wildman–Crippen LogP) is 4.00. The van der Waals surface area contributed by atoms with Gasteiger partial charge >= 0.3 is 0 Å². The molecule has 0 atom stereocenters. The van der Waals surface area contributed by atoms with E-state index >= 15 is 0 Å². The third-order valence-corrected chi connectivity index (χ3v) is 4.76. The van der Waals surface area contributed by atoms with Crippen molar-refractivity contribution in [2.45, 2.75) is 26.9 Å². The van der Waals surface area contributed by atoms with Crippen LogP contribution in [0.4, 0.5) is 0 Å². The Morgan fingerprint density at radius 2 is 2.00 bits per heavy atom. The fraction of sp³-hybridized carbons (Fsp3) is 0.190. The van der Waals surface area contributed by atoms with Crippen molar-refractivity contribution in [3.8, 4) is 6.07 Å². The zero-order valence-electron chi connectivity index (χ0n) is 15.2. The van der Waals surface area contributed by atoms with Crippen LogP contribution in [0.25, 0.3) is 0 Å². The van der Waals surface area contributed by atoms with Crippen LogP contribution in [0.15, 0.2) is 48.5 Å². The number of carbonyl (C=O) groups excluding carboxylic acids is 1. The summed E-state index contributed by atoms with van der Waals surface area (Å²) in [4.78, 5) is 12.7. The molecule has 6 heteroatoms. The maximum atomic E-state index is 12.7. The number of hydrogen-bond donors (Lipinski definition) is 1. The normalized spacial score (nSPS) is 10.4. The van der Waals surface area contributed by atoms with Crippen LogP contribution in [-0.2, 0) is 13.1 Å². The monoisotopic (exact) mass is 378 g/mol. The minimum absolute atomic E-state index is 0.183. The molecule has 1 amide bonds. The van der Waals surface area contributed by atoms with Crippen molar-refractivity contribution in [2.24, 2.45) is 0 Å². The first-order valence-corrected chi connectivity index (χ1v) is 8.92. The van der Waals surface area contributed by atoms with Crippen LogP contribution in [0, 0.1) is 25.2 Å². The highest BCUT2D eigenvalue weighted by molar-refractivity contribution is 6.31. The minimum atomic E-state index is -0.183. The molecule has 0 unspecified atom stereocenters. The highest BCUT2D eigenvalue weighted by atomic mass is 35.5. The number of nitrogens with one attached hydrogen (secondary N) is 1. The van der Waals surface area contributed by atoms with Gasteiger partial charge in [0, 0.05) is 17.3 Å². The summed E-state index contributed by atoms with van der Waals surface area (Å²) >= 11 is 6.23. The molecule has 0 saturated carbocycles. The van der Waals surface area contributed by atoms with Crippen molar-refractivity contribution in [1.29, 1.82) is 5.26 Å². The van der Waals surface area contributed by atoms with Crippen LogP contribution in [0.5, 0.6) is 0 Å². The SMILES string of the molecule is Cc1nn(Cc2ccccc2Cl)c(C)c1C(=O)NCc1cccc(C#N)c1. The summed E-state index contributed by atoms with van der Waals surface area (Å²) in [5.41, 5.74) is 4.42. The average Bonchev–Trinajstić information content (AvgIpc) is 2.95. The molecule has 2 aromatic carbocycles. The lowest BCUT2D eigenvalue weighted by molar-refractivity contribution is 0.0949. The van der Waals surface area contributed by atoms with E-state index in [2.05, 4.69) is 16.5 Å². The maximum absolute atomic E-state index is 12.7. The van der Waals surface area contributed by atoms with E-state index in [9.17, 15) is 4.79 Å². The fourth-order valence-electron chi connectivity index (χ4n) is 2.99. The second-order valence-electron chi connectivity index (χ2n) is 6.29. The van der Waals surface area contributed by atoms with Gasteiger partial charge < -0.3 is 5.32 Å². The zero-order valence-corrected chi connectivity index (χ0v) is 15.9. The first-order valence-electron chi connectivity index (χ1n) is 8.54. The van der Waals surface area contributed by atoms with Gasteiger partial charge in [0.15, 0.2) is 0 Å². The number of aryl methyl sites for hydroxylation is 1. The molecule has 1 N–H and O–H groups in total. The largest absolute Gasteiger partial charge is 0.348 e. The van der Waals surface area contributed by atoms with Gasteiger partial charge in [-0.15, -0.1) is 0 Å². The van der Waals surface area contributed by atoms with Gasteiger partial charge in [-0.25, -0.2) is 0 Å². The van der Waals surface area contributed by atoms with Gasteiger partial charge in [0.2, 0.25) is 0 Å². The van der Waals surface area contributed by atoms with Crippen molar-refractivity contribution in [3.63, 3.8) is 0 Å². The highest BCUT2D eigenvalue weighted by Crippen LogP contribution is 2.19. The summed E-state index contributed by atoms with van der Waals surface area (Å²) in [5, 5.41) is 17.1. The van der Waals surface area contributed by atoms with Gasteiger partial charge in [0.05, 0.1) is 29.4 Å². The van der Waals surface area contributed by atoms with E-state index in [1.807, 2.05) is 44.2 Å². The number of nitriles is 1. The number of aromatic nitrogens is 2. The third-order valence-electron chi connectivity index (χ3n) is 4.40. The van der Waals surface area contributed by atoms with E-state index in [0.29, 0.717) is 34.9 Å². The molecule has 27 heavy (non-hydrogen) atoms. The standard InChI is InChI=1S/C21H19ClN4O/c1-14-20(21(27)24-12-17-7-5-6-16(10-17)11-23)15(2)26(25-14)13-18-8-3-4-9-19(18)22/h3-10H,12-13H2,1-2H3,(H,24,27). The summed E-state index contributed by atoms with van der Waals surface area (Å²) in [6.07, 6.45) is 0. The van der Waals surface area contributed by atoms with Crippen LogP contribution in [0.1, 0.15) is 38.4 Å². The molecule has 1 aromatic heterocycles. The van der Waals surface area contributed by atoms with Crippen LogP contribution in [-0.4, -0.2) is 15.7 Å². The molecule has 0 saturated heterocycles. The van der Waals surface area contributed by atoms with Crippen molar-refractivity contribution in [1.82, 2.24) is 15.1 Å². The number of rotatable bonds is 5. The molecule has 0 bridgehead atoms. The van der Waals surface area contributed by atoms with E-state index in [1.54, 1.807) is 22.9 Å². The Balaban J connectivity index is 1.76. The van der Waals surface area contributed by atoms with Crippen molar-refractivity contribution >= 4 is 17.5 Å². The number of halogens is 1. The maximum Gasteiger partial charge on any atom is 0.255 e. The quantitative estimate of drug-likeness (QED) is 0.729. The van der Waals surface area contributed by atoms with E-state index in [-0.39, 0.29) is 5.91 Å². The average molecular weight is 379 g/mol. The number of amides is 1. The second-order valence-corrected chi connectivity index (χ2v) is 6.70. The van der Waals surface area contributed by atoms with Gasteiger partial charge in [-0.3, -0.25) is 9.48 Å². The molecule has 3 rings (SSSR count). The smallest absolute Gasteiger partial charge is 0.255 e. The zero-order chi connectivity index (χ0) is 19.4. The van der Waals surface area contributed by atoms with Gasteiger partial charge in [0.25, 0.3) is 5.91 Å². The van der Waals surface area contributed by atoms with Crippen LogP contribution >= 0.6 is 11.6 Å². The second kappa shape index (κ2) is 8.07. The number of nitrogens with zero attached hydrogens (tertiary/aromatic N) is 3. The van der Waals surface area contributed by atoms with Crippen molar-refractivity contribution < 1.29 is 4.79 Å². The Morgan fingerprint density at radius 1 is 1.22 bits per heavy atom. The topological polar surface area (TPSA) is 70.7 Å². The molecule has 0 spiro atoms. The van der Waals surface area contributed by atoms with Crippen LogP contribution in [0.3, 0.4) is 0 Å². The summed E-state index contributed by atoms with van der Waals surface area (Å²) in [6.45, 7) is 4.55. The van der Waals surface area contributed by atoms with E-state index in [1.165, 1.54) is 0 Å². The Labute approximate surface area is 163 Å². The van der Waals surface area contributed by atoms with Gasteiger partial charge in [-0.1, -0.05) is 41.9 Å². The van der Waals surface area contributed by atoms with E-state index < -0.39 is 0 Å². The number of hydrogen-bond acceptors (Lipinski definition) is 3. The molecule has 0 aliphatic rings. The molecular weight excluding hydrogens is 360 g/mol. The Kier molecular flexibility index (Phi) is 5.58. The van der Waals surface area contributed by atoms with Crippen LogP contribution < -0.4 is 5.32 Å². The summed E-state index contributed by atoms with van der Waals surface area (Å²) in [6, 6.07) is 16.9. The molecule has 0 aliphatic heterocycles. The fourth-order valence-corrected chi connectivity index (χ4v) is 3.18. The van der Waals surface area contributed by atoms with Gasteiger partial charge in [-0.05, 0) is 43.2 Å². The van der Waals surface area contributed by atoms with Crippen LogP contribution in [0.2, 0.25) is 5.02 Å². The Bertz CT molecular complexity index is 1030. The molecule has 3 aromatic rings. The van der Waals surface area contributed by atoms with E-state index in [4.69, 9.17) is 16.9 Å². The third kappa shape index (κ3) is 4.18. The summed E-state index contributed by atoms with van der Waals surface area (Å²) < 4.78 is 1.79. The molecule has 1 heterocycles. The predicted molar refractivity (Wildman–Crippen MR) is 105 cm³/mol. The van der Waals surface area contributed by atoms with E-state index in [0.717, 1.165) is 16.8 Å². The molecule has 0 aliphatic carbocycles. The molecule has 5 nitrogen and oxygen atoms in total. The first kappa shape index (κ1) is 18.7. The molecule has 136 valence electrons. The lowest BCUT2D eigenvalue weighted by atomic mass is 10.1. The van der Waals surface area contributed by atoms with Gasteiger partial charge in [0.1, 0.15) is 0 Å². The summed E-state index contributed by atoms with van der Waals surface area (Å²) in [7, 11) is 0. The van der Waals surface area contributed by atoms with Gasteiger partial charge in [-0.2, -0.15) is 10.4 Å². The lowest BCUT2D eigenvalue weighted by Gasteiger charge is -2.08. The molecule has 0 radical (unpaired) electrons. The molecule has 0 fully saturated rings. The molecular formula is C21H19ClN4O. The minimum Gasteiger partial charge on any atom is -0.348 e. The first-order chi connectivity index (χ1) is 13.0. The van der Waals surface area contributed by atoms with Crippen molar-refractivity contribution in [3.05, 3.63) is 87.2 Å². The number of benzene rings is 2. The van der Waals surface area contributed by atoms with Crippen molar-refractivity contribution in [2.75, 3.05) is 0 Å². The highest BCUT2D eigenvalue weighted by Gasteiger charge is 2.19. The lowest BCUT2D eigenvalue weighted by Crippen LogP contribution is -2.24. The Morgan fingerprint density at radius 3 is 2.74 bits per heavy atom. The Hall–Kier alpha value is -3.10.